The fourth-order valence-corrected chi connectivity index (χ4v) is 1.07. The van der Waals surface area contributed by atoms with Gasteiger partial charge in [0.05, 0.1) is 13.2 Å². The number of carbonyl (C=O) groups excluding carboxylic acids is 4. The molecule has 0 aliphatic rings. The number of carbonyl (C=O) groups is 4. The average molecular weight is 346 g/mol. The summed E-state index contributed by atoms with van der Waals surface area (Å²) in [6.45, 7) is 4.24. The first-order chi connectivity index (χ1) is 11.5. The monoisotopic (exact) mass is 346 g/mol. The molecule has 0 atom stereocenters. The van der Waals surface area contributed by atoms with E-state index >= 15 is 0 Å². The van der Waals surface area contributed by atoms with Gasteiger partial charge in [0.25, 0.3) is 0 Å². The Hall–Kier alpha value is -2.78. The zero-order valence-electron chi connectivity index (χ0n) is 13.7. The lowest BCUT2D eigenvalue weighted by Crippen LogP contribution is -2.28. The van der Waals surface area contributed by atoms with Gasteiger partial charge >= 0.3 is 24.1 Å². The van der Waals surface area contributed by atoms with Crippen molar-refractivity contribution in [3.8, 4) is 0 Å². The molecular formula is C14H22N2O8. The van der Waals surface area contributed by atoms with Crippen molar-refractivity contribution in [1.29, 1.82) is 0 Å². The van der Waals surface area contributed by atoms with E-state index in [2.05, 4.69) is 19.1 Å². The van der Waals surface area contributed by atoms with Crippen LogP contribution in [0, 0.1) is 0 Å². The summed E-state index contributed by atoms with van der Waals surface area (Å²) in [7, 11) is 0. The topological polar surface area (TPSA) is 129 Å². The largest absolute Gasteiger partial charge is 0.447 e. The van der Waals surface area contributed by atoms with Crippen molar-refractivity contribution in [2.75, 3.05) is 13.2 Å². The van der Waals surface area contributed by atoms with E-state index in [-0.39, 0.29) is 13.2 Å². The van der Waals surface area contributed by atoms with Crippen molar-refractivity contribution >= 4 is 24.1 Å². The van der Waals surface area contributed by atoms with Gasteiger partial charge in [0.15, 0.2) is 0 Å². The Morgan fingerprint density at radius 1 is 0.750 bits per heavy atom. The SMILES string of the molecule is CCCCOC(=O)NOC(=O)/C=C/C(=O)ONC(=O)OCCCC. The molecule has 0 aliphatic heterocycles. The standard InChI is InChI=1S/C14H22N2O8/c1-3-5-9-21-13(19)15-23-11(17)7-8-12(18)24-16-14(20)22-10-6-4-2/h7-8H,3-6,9-10H2,1-2H3,(H,15,19)(H,16,20)/b8-7+. The maximum atomic E-state index is 11.2. The van der Waals surface area contributed by atoms with Crippen LogP contribution in [0.1, 0.15) is 39.5 Å². The van der Waals surface area contributed by atoms with Gasteiger partial charge in [-0.15, -0.1) is 11.0 Å². The predicted octanol–water partition coefficient (Wildman–Crippen LogP) is 1.51. The van der Waals surface area contributed by atoms with Crippen molar-refractivity contribution < 1.29 is 38.3 Å². The highest BCUT2D eigenvalue weighted by atomic mass is 16.7. The lowest BCUT2D eigenvalue weighted by atomic mass is 10.4. The van der Waals surface area contributed by atoms with Crippen LogP contribution in [0.3, 0.4) is 0 Å². The maximum absolute atomic E-state index is 11.2. The first kappa shape index (κ1) is 21.2. The first-order valence-corrected chi connectivity index (χ1v) is 7.44. The molecule has 0 rings (SSSR count). The summed E-state index contributed by atoms with van der Waals surface area (Å²) >= 11 is 0. The zero-order chi connectivity index (χ0) is 18.2. The van der Waals surface area contributed by atoms with Crippen LogP contribution in [0.25, 0.3) is 0 Å². The number of hydrogen-bond acceptors (Lipinski definition) is 8. The molecule has 0 unspecified atom stereocenters. The smallest absolute Gasteiger partial charge is 0.440 e. The van der Waals surface area contributed by atoms with Crippen molar-refractivity contribution in [3.05, 3.63) is 12.2 Å². The van der Waals surface area contributed by atoms with Gasteiger partial charge < -0.3 is 19.1 Å². The number of hydroxylamine groups is 2. The van der Waals surface area contributed by atoms with Gasteiger partial charge in [0, 0.05) is 12.2 Å². The van der Waals surface area contributed by atoms with Crippen LogP contribution < -0.4 is 11.0 Å². The molecule has 0 heterocycles. The van der Waals surface area contributed by atoms with Crippen LogP contribution in [0.4, 0.5) is 9.59 Å². The summed E-state index contributed by atoms with van der Waals surface area (Å²) in [5.41, 5.74) is 3.48. The lowest BCUT2D eigenvalue weighted by molar-refractivity contribution is -0.146. The lowest BCUT2D eigenvalue weighted by Gasteiger charge is -2.05. The van der Waals surface area contributed by atoms with E-state index in [9.17, 15) is 19.2 Å². The number of unbranched alkanes of at least 4 members (excludes halogenated alkanes) is 2. The third-order valence-corrected chi connectivity index (χ3v) is 2.29. The van der Waals surface area contributed by atoms with Crippen LogP contribution in [0.2, 0.25) is 0 Å². The van der Waals surface area contributed by atoms with E-state index in [4.69, 9.17) is 0 Å². The summed E-state index contributed by atoms with van der Waals surface area (Å²) in [4.78, 5) is 53.1. The van der Waals surface area contributed by atoms with Crippen LogP contribution in [0.15, 0.2) is 12.2 Å². The molecule has 0 radical (unpaired) electrons. The minimum atomic E-state index is -1.04. The highest BCUT2D eigenvalue weighted by Gasteiger charge is 2.07. The average Bonchev–Trinajstić information content (AvgIpc) is 2.56. The number of rotatable bonds is 8. The van der Waals surface area contributed by atoms with Crippen molar-refractivity contribution in [2.45, 2.75) is 39.5 Å². The van der Waals surface area contributed by atoms with E-state index in [1.165, 1.54) is 0 Å². The Kier molecular flexibility index (Phi) is 12.2. The van der Waals surface area contributed by atoms with E-state index in [0.717, 1.165) is 12.8 Å². The molecule has 0 fully saturated rings. The summed E-state index contributed by atoms with van der Waals surface area (Å²) in [6.07, 6.45) is 2.59. The Labute approximate surface area is 139 Å². The van der Waals surface area contributed by atoms with Gasteiger partial charge in [0.1, 0.15) is 0 Å². The molecule has 2 N–H and O–H groups in total. The second-order valence-corrected chi connectivity index (χ2v) is 4.36. The van der Waals surface area contributed by atoms with Crippen LogP contribution >= 0.6 is 0 Å². The molecule has 0 saturated carbocycles. The fourth-order valence-electron chi connectivity index (χ4n) is 1.07. The van der Waals surface area contributed by atoms with Crippen LogP contribution in [0.5, 0.6) is 0 Å². The Balaban J connectivity index is 3.86. The quantitative estimate of drug-likeness (QED) is 0.293. The Bertz CT molecular complexity index is 410. The summed E-state index contributed by atoms with van der Waals surface area (Å²) in [5, 5.41) is 0. The molecule has 0 aromatic heterocycles. The molecule has 0 spiro atoms. The van der Waals surface area contributed by atoms with Crippen LogP contribution in [-0.2, 0) is 28.7 Å². The third kappa shape index (κ3) is 12.9. The van der Waals surface area contributed by atoms with Gasteiger partial charge in [-0.1, -0.05) is 26.7 Å². The molecule has 2 amide bonds. The number of hydrogen-bond donors (Lipinski definition) is 2. The third-order valence-electron chi connectivity index (χ3n) is 2.29. The van der Waals surface area contributed by atoms with Crippen molar-refractivity contribution in [3.63, 3.8) is 0 Å². The normalized spacial score (nSPS) is 9.92. The molecule has 0 saturated heterocycles. The predicted molar refractivity (Wildman–Crippen MR) is 80.1 cm³/mol. The molecule has 24 heavy (non-hydrogen) atoms. The van der Waals surface area contributed by atoms with E-state index in [0.29, 0.717) is 25.0 Å². The fraction of sp³-hybridized carbons (Fsp3) is 0.571. The summed E-state index contributed by atoms with van der Waals surface area (Å²) in [5.74, 6) is -2.07. The molecule has 0 aromatic carbocycles. The van der Waals surface area contributed by atoms with Gasteiger partial charge in [-0.25, -0.2) is 19.2 Å². The maximum Gasteiger partial charge on any atom is 0.440 e. The Morgan fingerprint density at radius 2 is 1.12 bits per heavy atom. The summed E-state index contributed by atoms with van der Waals surface area (Å²) < 4.78 is 9.32. The molecule has 10 nitrogen and oxygen atoms in total. The van der Waals surface area contributed by atoms with Crippen molar-refractivity contribution in [1.82, 2.24) is 11.0 Å². The Morgan fingerprint density at radius 3 is 1.46 bits per heavy atom. The van der Waals surface area contributed by atoms with Gasteiger partial charge in [-0.2, -0.15) is 0 Å². The highest BCUT2D eigenvalue weighted by molar-refractivity contribution is 5.92. The van der Waals surface area contributed by atoms with Gasteiger partial charge in [-0.3, -0.25) is 0 Å². The van der Waals surface area contributed by atoms with Gasteiger partial charge in [0.2, 0.25) is 0 Å². The zero-order valence-corrected chi connectivity index (χ0v) is 13.7. The second kappa shape index (κ2) is 13.9. The molecule has 10 heteroatoms. The molecule has 136 valence electrons. The first-order valence-electron chi connectivity index (χ1n) is 7.44. The second-order valence-electron chi connectivity index (χ2n) is 4.36. The van der Waals surface area contributed by atoms with Crippen molar-refractivity contribution in [2.24, 2.45) is 0 Å². The number of nitrogens with one attached hydrogen (secondary N) is 2. The van der Waals surface area contributed by atoms with Gasteiger partial charge in [-0.05, 0) is 12.8 Å². The summed E-state index contributed by atoms with van der Waals surface area (Å²) in [6, 6.07) is 0. The highest BCUT2D eigenvalue weighted by Crippen LogP contribution is 1.90. The minimum Gasteiger partial charge on any atom is -0.447 e. The number of ether oxygens (including phenoxy) is 2. The van der Waals surface area contributed by atoms with E-state index in [1.807, 2.05) is 13.8 Å². The minimum absolute atomic E-state index is 0.197. The van der Waals surface area contributed by atoms with Crippen LogP contribution in [-0.4, -0.2) is 37.3 Å². The molecular weight excluding hydrogens is 324 g/mol. The van der Waals surface area contributed by atoms with E-state index in [1.54, 1.807) is 11.0 Å². The number of amides is 2. The molecule has 0 aromatic rings. The van der Waals surface area contributed by atoms with E-state index < -0.39 is 24.1 Å². The molecule has 0 aliphatic carbocycles. The molecule has 0 bridgehead atoms.